The number of carbonyl (C=O) groups is 1. The summed E-state index contributed by atoms with van der Waals surface area (Å²) in [6.45, 7) is 3.08. The van der Waals surface area contributed by atoms with Gasteiger partial charge in [-0.2, -0.15) is 5.10 Å². The van der Waals surface area contributed by atoms with E-state index in [2.05, 4.69) is 15.3 Å². The van der Waals surface area contributed by atoms with E-state index in [1.807, 2.05) is 30.3 Å². The van der Waals surface area contributed by atoms with Crippen molar-refractivity contribution in [3.63, 3.8) is 0 Å². The molecule has 0 saturated carbocycles. The summed E-state index contributed by atoms with van der Waals surface area (Å²) >= 11 is 0. The van der Waals surface area contributed by atoms with Crippen molar-refractivity contribution in [1.82, 2.24) is 15.1 Å². The fraction of sp³-hybridized carbons (Fsp3) is 0.450. The summed E-state index contributed by atoms with van der Waals surface area (Å²) in [4.78, 5) is 26.7. The third-order valence-corrected chi connectivity index (χ3v) is 4.78. The molecule has 1 aromatic heterocycles. The molecule has 3 rings (SSSR count). The molecule has 1 atom stereocenters. The first-order valence-corrected chi connectivity index (χ1v) is 9.30. The highest BCUT2D eigenvalue weighted by molar-refractivity contribution is 5.80. The maximum absolute atomic E-state index is 12.4. The zero-order valence-corrected chi connectivity index (χ0v) is 15.6. The van der Waals surface area contributed by atoms with Gasteiger partial charge in [0.05, 0.1) is 24.3 Å². The Morgan fingerprint density at radius 2 is 2.15 bits per heavy atom. The van der Waals surface area contributed by atoms with Crippen molar-refractivity contribution in [3.8, 4) is 0 Å². The van der Waals surface area contributed by atoms with Crippen molar-refractivity contribution in [1.29, 1.82) is 0 Å². The average Bonchev–Trinajstić information content (AvgIpc) is 3.18. The van der Waals surface area contributed by atoms with Gasteiger partial charge in [-0.1, -0.05) is 30.3 Å². The van der Waals surface area contributed by atoms with Crippen LogP contribution in [0.3, 0.4) is 0 Å². The van der Waals surface area contributed by atoms with Gasteiger partial charge in [0.1, 0.15) is 0 Å². The Bertz CT molecular complexity index is 806. The normalized spacial score (nSPS) is 16.5. The number of amides is 1. The zero-order valence-electron chi connectivity index (χ0n) is 15.6. The van der Waals surface area contributed by atoms with Crippen molar-refractivity contribution < 1.29 is 9.53 Å². The first-order valence-electron chi connectivity index (χ1n) is 9.30. The lowest BCUT2D eigenvalue weighted by molar-refractivity contribution is -0.124. The van der Waals surface area contributed by atoms with Gasteiger partial charge in [-0.15, -0.1) is 0 Å². The van der Waals surface area contributed by atoms with Crippen molar-refractivity contribution in [2.24, 2.45) is 5.92 Å². The maximum Gasteiger partial charge on any atom is 0.269 e. The lowest BCUT2D eigenvalue weighted by atomic mass is 10.1. The van der Waals surface area contributed by atoms with Crippen LogP contribution in [0.5, 0.6) is 0 Å². The van der Waals surface area contributed by atoms with E-state index in [9.17, 15) is 9.59 Å². The zero-order chi connectivity index (χ0) is 19.1. The first-order chi connectivity index (χ1) is 13.2. The van der Waals surface area contributed by atoms with Gasteiger partial charge in [0.25, 0.3) is 5.56 Å². The molecule has 1 aliphatic heterocycles. The Morgan fingerprint density at radius 3 is 2.89 bits per heavy atom. The molecule has 1 fully saturated rings. The molecule has 1 N–H and O–H groups in total. The van der Waals surface area contributed by atoms with Crippen LogP contribution in [0, 0.1) is 5.92 Å². The van der Waals surface area contributed by atoms with Crippen LogP contribution in [0.2, 0.25) is 0 Å². The third-order valence-electron chi connectivity index (χ3n) is 4.78. The van der Waals surface area contributed by atoms with E-state index in [0.29, 0.717) is 26.2 Å². The monoisotopic (exact) mass is 370 g/mol. The van der Waals surface area contributed by atoms with Crippen molar-refractivity contribution in [3.05, 3.63) is 58.5 Å². The minimum absolute atomic E-state index is 0.0562. The van der Waals surface area contributed by atoms with Gasteiger partial charge in [-0.3, -0.25) is 9.59 Å². The van der Waals surface area contributed by atoms with Crippen molar-refractivity contribution in [2.75, 3.05) is 38.3 Å². The summed E-state index contributed by atoms with van der Waals surface area (Å²) < 4.78 is 6.44. The van der Waals surface area contributed by atoms with Gasteiger partial charge >= 0.3 is 0 Å². The molecule has 1 aromatic carbocycles. The van der Waals surface area contributed by atoms with Gasteiger partial charge in [0, 0.05) is 39.4 Å². The number of benzene rings is 1. The molecule has 1 amide bonds. The second-order valence-corrected chi connectivity index (χ2v) is 6.76. The number of aromatic nitrogens is 2. The lowest BCUT2D eigenvalue weighted by Gasteiger charge is -2.18. The Balaban J connectivity index is 1.57. The molecular weight excluding hydrogens is 344 g/mol. The number of anilines is 1. The molecular formula is C20H26N4O3. The molecule has 2 aromatic rings. The second-order valence-electron chi connectivity index (χ2n) is 6.76. The SMILES string of the molecule is COCCCNC(=O)C1CCN(c2cnn(Cc3ccccc3)c(=O)c2)C1. The van der Waals surface area contributed by atoms with Crippen molar-refractivity contribution in [2.45, 2.75) is 19.4 Å². The molecule has 7 nitrogen and oxygen atoms in total. The number of rotatable bonds is 8. The fourth-order valence-electron chi connectivity index (χ4n) is 3.25. The molecule has 7 heteroatoms. The first kappa shape index (κ1) is 19.1. The average molecular weight is 370 g/mol. The van der Waals surface area contributed by atoms with Gasteiger partial charge < -0.3 is 15.0 Å². The Hall–Kier alpha value is -2.67. The van der Waals surface area contributed by atoms with Gasteiger partial charge in [0.15, 0.2) is 0 Å². The van der Waals surface area contributed by atoms with Gasteiger partial charge in [0.2, 0.25) is 5.91 Å². The van der Waals surface area contributed by atoms with Gasteiger partial charge in [-0.25, -0.2) is 4.68 Å². The topological polar surface area (TPSA) is 76.5 Å². The molecule has 1 unspecified atom stereocenters. The Morgan fingerprint density at radius 1 is 1.33 bits per heavy atom. The summed E-state index contributed by atoms with van der Waals surface area (Å²) in [7, 11) is 1.65. The third kappa shape index (κ3) is 5.17. The van der Waals surface area contributed by atoms with Crippen LogP contribution in [-0.4, -0.2) is 49.0 Å². The summed E-state index contributed by atoms with van der Waals surface area (Å²) in [6.07, 6.45) is 3.30. The Labute approximate surface area is 158 Å². The van der Waals surface area contributed by atoms with Crippen molar-refractivity contribution >= 4 is 11.6 Å². The summed E-state index contributed by atoms with van der Waals surface area (Å²) in [5.41, 5.74) is 1.68. The summed E-state index contributed by atoms with van der Waals surface area (Å²) in [5, 5.41) is 7.26. The van der Waals surface area contributed by atoms with Crippen LogP contribution in [0.25, 0.3) is 0 Å². The van der Waals surface area contributed by atoms with Crippen LogP contribution >= 0.6 is 0 Å². The minimum atomic E-state index is -0.135. The number of nitrogens with zero attached hydrogens (tertiary/aromatic N) is 3. The molecule has 0 spiro atoms. The number of hydrogen-bond donors (Lipinski definition) is 1. The van der Waals surface area contributed by atoms with E-state index in [4.69, 9.17) is 4.74 Å². The molecule has 144 valence electrons. The lowest BCUT2D eigenvalue weighted by Crippen LogP contribution is -2.34. The number of nitrogens with one attached hydrogen (secondary N) is 1. The van der Waals surface area contributed by atoms with E-state index in [1.54, 1.807) is 19.4 Å². The number of hydrogen-bond acceptors (Lipinski definition) is 5. The second kappa shape index (κ2) is 9.32. The van der Waals surface area contributed by atoms with E-state index in [0.717, 1.165) is 30.6 Å². The summed E-state index contributed by atoms with van der Waals surface area (Å²) in [6, 6.07) is 11.4. The predicted octanol–water partition coefficient (Wildman–Crippen LogP) is 1.27. The molecule has 0 aliphatic carbocycles. The maximum atomic E-state index is 12.4. The Kier molecular flexibility index (Phi) is 6.59. The standard InChI is InChI=1S/C20H26N4O3/c1-27-11-5-9-21-20(26)17-8-10-23(15-17)18-12-19(25)24(22-13-18)14-16-6-3-2-4-7-16/h2-4,6-7,12-13,17H,5,8-11,14-15H2,1H3,(H,21,26). The number of methoxy groups -OCH3 is 1. The van der Waals surface area contributed by atoms with E-state index in [1.165, 1.54) is 4.68 Å². The van der Waals surface area contributed by atoms with E-state index < -0.39 is 0 Å². The molecule has 2 heterocycles. The van der Waals surface area contributed by atoms with Crippen LogP contribution in [0.15, 0.2) is 47.4 Å². The molecule has 0 bridgehead atoms. The smallest absolute Gasteiger partial charge is 0.269 e. The highest BCUT2D eigenvalue weighted by Gasteiger charge is 2.28. The van der Waals surface area contributed by atoms with Crippen LogP contribution in [-0.2, 0) is 16.1 Å². The van der Waals surface area contributed by atoms with E-state index >= 15 is 0 Å². The van der Waals surface area contributed by atoms with Crippen LogP contribution in [0.1, 0.15) is 18.4 Å². The molecule has 27 heavy (non-hydrogen) atoms. The largest absolute Gasteiger partial charge is 0.385 e. The number of ether oxygens (including phenoxy) is 1. The molecule has 1 saturated heterocycles. The highest BCUT2D eigenvalue weighted by Crippen LogP contribution is 2.22. The summed E-state index contributed by atoms with van der Waals surface area (Å²) in [5.74, 6) is 0.0123. The molecule has 1 aliphatic rings. The quantitative estimate of drug-likeness (QED) is 0.708. The van der Waals surface area contributed by atoms with Gasteiger partial charge in [-0.05, 0) is 18.4 Å². The van der Waals surface area contributed by atoms with E-state index in [-0.39, 0.29) is 17.4 Å². The minimum Gasteiger partial charge on any atom is -0.385 e. The van der Waals surface area contributed by atoms with Crippen LogP contribution < -0.4 is 15.8 Å². The fourth-order valence-corrected chi connectivity index (χ4v) is 3.25. The highest BCUT2D eigenvalue weighted by atomic mass is 16.5. The van der Waals surface area contributed by atoms with Crippen LogP contribution in [0.4, 0.5) is 5.69 Å². The predicted molar refractivity (Wildman–Crippen MR) is 104 cm³/mol. The number of carbonyl (C=O) groups excluding carboxylic acids is 1. The molecule has 0 radical (unpaired) electrons.